The molecule has 0 unspecified atom stereocenters. The predicted octanol–water partition coefficient (Wildman–Crippen LogP) is 3.18. The Labute approximate surface area is 122 Å². The summed E-state index contributed by atoms with van der Waals surface area (Å²) >= 11 is 3.45. The van der Waals surface area contributed by atoms with Crippen molar-refractivity contribution in [3.63, 3.8) is 0 Å². The lowest BCUT2D eigenvalue weighted by atomic mass is 10.1. The van der Waals surface area contributed by atoms with Crippen molar-refractivity contribution in [2.45, 2.75) is 13.3 Å². The summed E-state index contributed by atoms with van der Waals surface area (Å²) in [7, 11) is 1.70. The average molecular weight is 324 g/mol. The zero-order valence-corrected chi connectivity index (χ0v) is 12.9. The van der Waals surface area contributed by atoms with Crippen molar-refractivity contribution in [1.29, 1.82) is 0 Å². The van der Waals surface area contributed by atoms with Gasteiger partial charge in [0.25, 0.3) is 5.91 Å². The van der Waals surface area contributed by atoms with Crippen LogP contribution in [0.3, 0.4) is 0 Å². The van der Waals surface area contributed by atoms with E-state index in [4.69, 9.17) is 4.74 Å². The summed E-state index contributed by atoms with van der Waals surface area (Å²) in [6.45, 7) is 4.08. The quantitative estimate of drug-likeness (QED) is 0.799. The summed E-state index contributed by atoms with van der Waals surface area (Å²) in [6, 6.07) is 5.85. The number of methoxy groups -OCH3 is 1. The number of hydrogen-bond donors (Lipinski definition) is 0. The molecular weight excluding hydrogens is 306 g/mol. The Kier molecular flexibility index (Phi) is 4.77. The van der Waals surface area contributed by atoms with Crippen LogP contribution in [0.1, 0.15) is 22.3 Å². The lowest BCUT2D eigenvalue weighted by molar-refractivity contribution is 0.0764. The maximum absolute atomic E-state index is 12.5. The van der Waals surface area contributed by atoms with Gasteiger partial charge >= 0.3 is 0 Å². The normalized spacial score (nSPS) is 15.3. The first-order valence-corrected chi connectivity index (χ1v) is 7.13. The van der Waals surface area contributed by atoms with E-state index in [1.165, 1.54) is 5.57 Å². The third kappa shape index (κ3) is 3.45. The van der Waals surface area contributed by atoms with Gasteiger partial charge in [0.15, 0.2) is 0 Å². The van der Waals surface area contributed by atoms with Crippen LogP contribution in [-0.4, -0.2) is 37.6 Å². The molecule has 1 amide bonds. The van der Waals surface area contributed by atoms with Crippen molar-refractivity contribution in [1.82, 2.24) is 4.90 Å². The van der Waals surface area contributed by atoms with Gasteiger partial charge in [0.2, 0.25) is 0 Å². The summed E-state index contributed by atoms with van der Waals surface area (Å²) in [5.74, 6) is 0.0864. The van der Waals surface area contributed by atoms with Crippen molar-refractivity contribution in [3.05, 3.63) is 45.4 Å². The Balaban J connectivity index is 2.11. The van der Waals surface area contributed by atoms with Crippen molar-refractivity contribution in [2.24, 2.45) is 0 Å². The van der Waals surface area contributed by atoms with Crippen molar-refractivity contribution < 1.29 is 9.53 Å². The number of amides is 1. The number of benzene rings is 1. The number of ether oxygens (including phenoxy) is 1. The molecule has 2 rings (SSSR count). The minimum atomic E-state index is 0.0864. The van der Waals surface area contributed by atoms with Gasteiger partial charge in [0.05, 0.1) is 12.2 Å². The molecule has 0 bridgehead atoms. The van der Waals surface area contributed by atoms with E-state index in [-0.39, 0.29) is 5.91 Å². The SMILES string of the molecule is COCC1=CCN(C(=O)c2cc(C)ccc2Br)CC1. The van der Waals surface area contributed by atoms with Crippen LogP contribution >= 0.6 is 15.9 Å². The lowest BCUT2D eigenvalue weighted by Gasteiger charge is -2.27. The van der Waals surface area contributed by atoms with E-state index < -0.39 is 0 Å². The first kappa shape index (κ1) is 14.3. The molecule has 19 heavy (non-hydrogen) atoms. The fraction of sp³-hybridized carbons (Fsp3) is 0.400. The van der Waals surface area contributed by atoms with Gasteiger partial charge in [0, 0.05) is 24.7 Å². The van der Waals surface area contributed by atoms with Crippen LogP contribution < -0.4 is 0 Å². The Hall–Kier alpha value is -1.13. The lowest BCUT2D eigenvalue weighted by Crippen LogP contribution is -2.35. The molecule has 0 radical (unpaired) electrons. The topological polar surface area (TPSA) is 29.5 Å². The zero-order chi connectivity index (χ0) is 13.8. The maximum atomic E-state index is 12.5. The van der Waals surface area contributed by atoms with E-state index in [1.54, 1.807) is 7.11 Å². The van der Waals surface area contributed by atoms with E-state index in [1.807, 2.05) is 30.0 Å². The molecule has 0 saturated carbocycles. The molecule has 1 aromatic rings. The number of hydrogen-bond acceptors (Lipinski definition) is 2. The fourth-order valence-electron chi connectivity index (χ4n) is 2.19. The molecule has 0 atom stereocenters. The molecule has 0 fully saturated rings. The largest absolute Gasteiger partial charge is 0.380 e. The van der Waals surface area contributed by atoms with Gasteiger partial charge in [-0.3, -0.25) is 4.79 Å². The standard InChI is InChI=1S/C15H18BrNO2/c1-11-3-4-14(16)13(9-11)15(18)17-7-5-12(6-8-17)10-19-2/h3-5,9H,6-8,10H2,1-2H3. The second-order valence-corrected chi connectivity index (χ2v) is 5.63. The number of halogens is 1. The first-order valence-electron chi connectivity index (χ1n) is 6.34. The molecular formula is C15H18BrNO2. The Morgan fingerprint density at radius 2 is 2.26 bits per heavy atom. The highest BCUT2D eigenvalue weighted by molar-refractivity contribution is 9.10. The minimum Gasteiger partial charge on any atom is -0.380 e. The Morgan fingerprint density at radius 1 is 1.47 bits per heavy atom. The van der Waals surface area contributed by atoms with Crippen LogP contribution in [0.15, 0.2) is 34.3 Å². The van der Waals surface area contributed by atoms with Gasteiger partial charge in [-0.25, -0.2) is 0 Å². The van der Waals surface area contributed by atoms with Crippen LogP contribution in [0.4, 0.5) is 0 Å². The first-order chi connectivity index (χ1) is 9.11. The van der Waals surface area contributed by atoms with Gasteiger partial charge < -0.3 is 9.64 Å². The van der Waals surface area contributed by atoms with Gasteiger partial charge in [0.1, 0.15) is 0 Å². The summed E-state index contributed by atoms with van der Waals surface area (Å²) < 4.78 is 5.97. The Bertz CT molecular complexity index is 511. The summed E-state index contributed by atoms with van der Waals surface area (Å²) in [5, 5.41) is 0. The second kappa shape index (κ2) is 6.35. The second-order valence-electron chi connectivity index (χ2n) is 4.78. The van der Waals surface area contributed by atoms with Crippen LogP contribution in [0.2, 0.25) is 0 Å². The van der Waals surface area contributed by atoms with Crippen LogP contribution in [-0.2, 0) is 4.74 Å². The third-order valence-corrected chi connectivity index (χ3v) is 3.96. The van der Waals surface area contributed by atoms with Crippen molar-refractivity contribution in [2.75, 3.05) is 26.8 Å². The summed E-state index contributed by atoms with van der Waals surface area (Å²) in [4.78, 5) is 14.3. The smallest absolute Gasteiger partial charge is 0.255 e. The number of carbonyl (C=O) groups excluding carboxylic acids is 1. The van der Waals surface area contributed by atoms with Gasteiger partial charge in [-0.2, -0.15) is 0 Å². The van der Waals surface area contributed by atoms with Crippen LogP contribution in [0.25, 0.3) is 0 Å². The monoisotopic (exact) mass is 323 g/mol. The van der Waals surface area contributed by atoms with E-state index in [0.29, 0.717) is 13.2 Å². The van der Waals surface area contributed by atoms with Gasteiger partial charge in [-0.1, -0.05) is 17.7 Å². The third-order valence-electron chi connectivity index (χ3n) is 3.27. The molecule has 0 aromatic heterocycles. The highest BCUT2D eigenvalue weighted by Gasteiger charge is 2.20. The van der Waals surface area contributed by atoms with Gasteiger partial charge in [-0.05, 0) is 47.0 Å². The van der Waals surface area contributed by atoms with E-state index >= 15 is 0 Å². The molecule has 102 valence electrons. The highest BCUT2D eigenvalue weighted by atomic mass is 79.9. The molecule has 1 aromatic carbocycles. The van der Waals surface area contributed by atoms with E-state index in [0.717, 1.165) is 28.6 Å². The van der Waals surface area contributed by atoms with E-state index in [2.05, 4.69) is 22.0 Å². The number of rotatable bonds is 3. The number of nitrogens with zero attached hydrogens (tertiary/aromatic N) is 1. The molecule has 0 N–H and O–H groups in total. The van der Waals surface area contributed by atoms with E-state index in [9.17, 15) is 4.79 Å². The molecule has 4 heteroatoms. The molecule has 1 aliphatic heterocycles. The molecule has 1 aliphatic rings. The summed E-state index contributed by atoms with van der Waals surface area (Å²) in [5.41, 5.74) is 3.11. The van der Waals surface area contributed by atoms with Crippen LogP contribution in [0.5, 0.6) is 0 Å². The molecule has 0 spiro atoms. The molecule has 0 saturated heterocycles. The average Bonchev–Trinajstić information content (AvgIpc) is 2.42. The number of aryl methyl sites for hydroxylation is 1. The van der Waals surface area contributed by atoms with Crippen molar-refractivity contribution in [3.8, 4) is 0 Å². The minimum absolute atomic E-state index is 0.0864. The molecule has 1 heterocycles. The number of carbonyl (C=O) groups is 1. The highest BCUT2D eigenvalue weighted by Crippen LogP contribution is 2.21. The van der Waals surface area contributed by atoms with Crippen molar-refractivity contribution >= 4 is 21.8 Å². The van der Waals surface area contributed by atoms with Gasteiger partial charge in [-0.15, -0.1) is 0 Å². The molecule has 0 aliphatic carbocycles. The molecule has 3 nitrogen and oxygen atoms in total. The fourth-order valence-corrected chi connectivity index (χ4v) is 2.60. The Morgan fingerprint density at radius 3 is 2.89 bits per heavy atom. The van der Waals surface area contributed by atoms with Crippen LogP contribution in [0, 0.1) is 6.92 Å². The maximum Gasteiger partial charge on any atom is 0.255 e. The zero-order valence-electron chi connectivity index (χ0n) is 11.3. The summed E-state index contributed by atoms with van der Waals surface area (Å²) in [6.07, 6.45) is 2.98. The predicted molar refractivity (Wildman–Crippen MR) is 79.4 cm³/mol.